The Bertz CT molecular complexity index is 2690. The Balaban J connectivity index is 1.48. The Morgan fingerprint density at radius 2 is 1.26 bits per heavy atom. The predicted octanol–water partition coefficient (Wildman–Crippen LogP) is -2.22. The van der Waals surface area contributed by atoms with E-state index in [0.717, 1.165) is 0 Å². The number of rotatable bonds is 49. The van der Waals surface area contributed by atoms with E-state index in [2.05, 4.69) is 64.4 Å². The number of carboxylic acids is 1. The predicted molar refractivity (Wildman–Crippen MR) is 335 cm³/mol. The second-order valence-corrected chi connectivity index (χ2v) is 21.4. The number of carboxylic acid groups (broad SMARTS) is 1. The summed E-state index contributed by atoms with van der Waals surface area (Å²) in [7, 11) is 1.44. The van der Waals surface area contributed by atoms with Crippen molar-refractivity contribution in [2.75, 3.05) is 119 Å². The number of phenolic OH excluding ortho intramolecular Hbond substituents is 1. The first-order valence-electron chi connectivity index (χ1n) is 31.2. The summed E-state index contributed by atoms with van der Waals surface area (Å²) in [6.07, 6.45) is 0.410. The molecule has 0 saturated carbocycles. The highest BCUT2D eigenvalue weighted by Gasteiger charge is 2.33. The van der Waals surface area contributed by atoms with Gasteiger partial charge >= 0.3 is 5.97 Å². The fraction of sp³-hybridized carbons (Fsp3) is 0.650. The Kier molecular flexibility index (Phi) is 41.2. The Morgan fingerprint density at radius 1 is 0.681 bits per heavy atom. The van der Waals surface area contributed by atoms with E-state index in [1.807, 2.05) is 0 Å². The second-order valence-electron chi connectivity index (χ2n) is 21.4. The Morgan fingerprint density at radius 3 is 1.89 bits per heavy atom. The molecule has 0 aliphatic carbocycles. The quantitative estimate of drug-likeness (QED) is 0.0190. The average molecular weight is 1330 g/mol. The number of aromatic hydroxyl groups is 1. The maximum atomic E-state index is 14.2. The number of ether oxygens (including phenoxy) is 7. The van der Waals surface area contributed by atoms with Gasteiger partial charge in [0.15, 0.2) is 11.7 Å². The number of phenols is 1. The number of halogens is 1. The molecule has 526 valence electrons. The van der Waals surface area contributed by atoms with Crippen LogP contribution in [0.3, 0.4) is 0 Å². The summed E-state index contributed by atoms with van der Waals surface area (Å²) in [6.45, 7) is 7.39. The zero-order valence-corrected chi connectivity index (χ0v) is 53.5. The normalized spacial score (nSPS) is 16.6. The molecule has 94 heavy (non-hydrogen) atoms. The zero-order valence-electron chi connectivity index (χ0n) is 53.5. The molecule has 5 atom stereocenters. The smallest absolute Gasteiger partial charge is 0.305 e. The SMILES string of the molecule is C=C1CNC(=O)[C@H](CCCN=C(N)N)NC(=O)[C@H](CCCCNC(=O)CCC(=O)[C@H](CCC(=O)CCC(=O)NC)NC(=O)CCOCCOCCOCCOCCn2cc(COCCOCCOCC[18F])nn2)NC(=O)[C@@H](Cc2ccc(O)cc2)NC(=O)[C@H](CC(=O)O)N1. The van der Waals surface area contributed by atoms with Gasteiger partial charge in [-0.05, 0) is 56.2 Å². The van der Waals surface area contributed by atoms with Gasteiger partial charge in [0.1, 0.15) is 48.1 Å². The molecule has 0 spiro atoms. The number of nitrogens with one attached hydrogen (secondary N) is 8. The number of carbonyl (C=O) groups excluding carboxylic acids is 9. The number of Topliss-reactive ketones (excluding diaryl/α,β-unsaturated/α-hetero) is 2. The van der Waals surface area contributed by atoms with Crippen LogP contribution < -0.4 is 54.0 Å². The van der Waals surface area contributed by atoms with Crippen molar-refractivity contribution in [3.63, 3.8) is 0 Å². The number of nitrogens with zero attached hydrogens (tertiary/aromatic N) is 4. The lowest BCUT2D eigenvalue weighted by molar-refractivity contribution is -0.140. The lowest BCUT2D eigenvalue weighted by Gasteiger charge is -2.26. The number of aromatic nitrogens is 3. The van der Waals surface area contributed by atoms with Crippen LogP contribution in [0.15, 0.2) is 47.7 Å². The van der Waals surface area contributed by atoms with Gasteiger partial charge in [0, 0.05) is 70.8 Å². The van der Waals surface area contributed by atoms with Crippen LogP contribution >= 0.6 is 0 Å². The molecule has 1 saturated heterocycles. The van der Waals surface area contributed by atoms with Gasteiger partial charge in [0.2, 0.25) is 41.4 Å². The first-order chi connectivity index (χ1) is 45.3. The second kappa shape index (κ2) is 48.4. The van der Waals surface area contributed by atoms with Crippen LogP contribution in [-0.2, 0) is 101 Å². The number of ketones is 2. The maximum absolute atomic E-state index is 14.2. The minimum atomic E-state index is -1.46. The first kappa shape index (κ1) is 80.0. The van der Waals surface area contributed by atoms with E-state index < -0.39 is 90.5 Å². The van der Waals surface area contributed by atoms with Gasteiger partial charge in [-0.25, -0.2) is 9.07 Å². The first-order valence-corrected chi connectivity index (χ1v) is 31.2. The molecule has 2 aromatic rings. The van der Waals surface area contributed by atoms with E-state index in [1.165, 1.54) is 31.3 Å². The number of unbranched alkanes of at least 4 members (excludes halogenated alkanes) is 1. The Hall–Kier alpha value is -8.28. The standard InChI is InChI=1S/C60H95FN14O19/c1-41-38-67-56(84)47(7-5-21-66-60(62)63)70-57(85)48(71-58(86)49(36-42-8-10-44(76)11-9-42)72-59(87)50(68-41)37-55(82)83)6-3-4-20-65-53(80)17-15-51(78)46(14-12-45(77)13-16-52(79)64-2)69-54(81)18-23-88-26-29-91-32-33-92-31-28-90-25-22-75-39-43(73-74-75)40-94-35-34-93-30-27-89-24-19-61/h8-11,39,46-50,68,76H,1,3-7,12-38,40H2,2H3,(H,64,79)(H,65,80)(H,67,84)(H,69,81)(H,70,85)(H,71,86)(H,72,87)(H,82,83)(H4,62,63,66)/t46-,47-,48-,49+,50-/m0/s1/i61-1. The molecular weight excluding hydrogens is 1240 g/mol. The number of benzene rings is 1. The minimum absolute atomic E-state index is 0.0136. The number of hydrogen-bond donors (Lipinski definition) is 12. The van der Waals surface area contributed by atoms with Gasteiger partial charge in [0.05, 0.1) is 124 Å². The van der Waals surface area contributed by atoms with Crippen LogP contribution in [0.25, 0.3) is 0 Å². The summed E-state index contributed by atoms with van der Waals surface area (Å²) in [6, 6.07) is -0.773. The summed E-state index contributed by atoms with van der Waals surface area (Å²) >= 11 is 0. The van der Waals surface area contributed by atoms with E-state index in [-0.39, 0.29) is 172 Å². The van der Waals surface area contributed by atoms with Crippen LogP contribution in [0.4, 0.5) is 4.39 Å². The molecule has 14 N–H and O–H groups in total. The molecule has 2 heterocycles. The van der Waals surface area contributed by atoms with Gasteiger partial charge in [-0.15, -0.1) is 5.10 Å². The lowest BCUT2D eigenvalue weighted by atomic mass is 9.99. The molecule has 1 aromatic carbocycles. The molecule has 3 rings (SSSR count). The number of nitrogens with two attached hydrogens (primary N) is 2. The molecule has 7 amide bonds. The van der Waals surface area contributed by atoms with Gasteiger partial charge in [-0.2, -0.15) is 0 Å². The van der Waals surface area contributed by atoms with Crippen LogP contribution in [0.1, 0.15) is 94.7 Å². The van der Waals surface area contributed by atoms with Gasteiger partial charge < -0.3 is 97.4 Å². The van der Waals surface area contributed by atoms with Crippen LogP contribution in [0, 0.1) is 0 Å². The molecule has 0 unspecified atom stereocenters. The topological polar surface area (TPSA) is 467 Å². The number of aliphatic imine (C=N–C) groups is 1. The van der Waals surface area contributed by atoms with E-state index in [0.29, 0.717) is 70.7 Å². The van der Waals surface area contributed by atoms with Gasteiger partial charge in [0.25, 0.3) is 0 Å². The highest BCUT2D eigenvalue weighted by Crippen LogP contribution is 2.14. The maximum Gasteiger partial charge on any atom is 0.305 e. The number of hydrogen-bond acceptors (Lipinski definition) is 22. The van der Waals surface area contributed by atoms with Crippen molar-refractivity contribution >= 4 is 64.8 Å². The molecule has 34 heteroatoms. The fourth-order valence-corrected chi connectivity index (χ4v) is 8.79. The van der Waals surface area contributed by atoms with Gasteiger partial charge in [-0.3, -0.25) is 52.9 Å². The summed E-state index contributed by atoms with van der Waals surface area (Å²) in [5.41, 5.74) is 12.1. The highest BCUT2D eigenvalue weighted by molar-refractivity contribution is 5.96. The van der Waals surface area contributed by atoms with Crippen molar-refractivity contribution in [2.24, 2.45) is 16.5 Å². The molecule has 1 aromatic heterocycles. The largest absolute Gasteiger partial charge is 0.508 e. The fourth-order valence-electron chi connectivity index (χ4n) is 8.79. The third kappa shape index (κ3) is 37.4. The van der Waals surface area contributed by atoms with Crippen LogP contribution in [0.2, 0.25) is 0 Å². The molecule has 0 radical (unpaired) electrons. The summed E-state index contributed by atoms with van der Waals surface area (Å²) in [5.74, 6) is -7.06. The lowest BCUT2D eigenvalue weighted by Crippen LogP contribution is -2.58. The van der Waals surface area contributed by atoms with Crippen molar-refractivity contribution in [1.29, 1.82) is 0 Å². The third-order valence-electron chi connectivity index (χ3n) is 13.8. The van der Waals surface area contributed by atoms with E-state index in [4.69, 9.17) is 44.6 Å². The molecule has 33 nitrogen and oxygen atoms in total. The van der Waals surface area contributed by atoms with Crippen molar-refractivity contribution < 1.29 is 95.7 Å². The average Bonchev–Trinajstić information content (AvgIpc) is 1.64. The van der Waals surface area contributed by atoms with Gasteiger partial charge in [-0.1, -0.05) is 23.9 Å². The van der Waals surface area contributed by atoms with Crippen molar-refractivity contribution in [2.45, 2.75) is 133 Å². The van der Waals surface area contributed by atoms with Crippen molar-refractivity contribution in [1.82, 2.24) is 57.5 Å². The summed E-state index contributed by atoms with van der Waals surface area (Å²) in [5, 5.41) is 48.8. The monoisotopic (exact) mass is 1330 g/mol. The molecule has 1 aliphatic heterocycles. The highest BCUT2D eigenvalue weighted by atomic mass is 18.2. The minimum Gasteiger partial charge on any atom is -0.508 e. The number of carbonyl (C=O) groups is 10. The summed E-state index contributed by atoms with van der Waals surface area (Å²) in [4.78, 5) is 136. The number of guanidine groups is 1. The molecule has 0 bridgehead atoms. The van der Waals surface area contributed by atoms with Crippen molar-refractivity contribution in [3.8, 4) is 5.75 Å². The number of alkyl halides is 1. The zero-order chi connectivity index (χ0) is 68.7. The third-order valence-corrected chi connectivity index (χ3v) is 13.8. The van der Waals surface area contributed by atoms with Crippen LogP contribution in [-0.4, -0.2) is 240 Å². The number of aliphatic carboxylic acids is 1. The molecular formula is C60H95FN14O19. The molecule has 1 aliphatic rings. The van der Waals surface area contributed by atoms with Crippen LogP contribution in [0.5, 0.6) is 5.75 Å². The molecule has 1 fully saturated rings. The number of amides is 7. The van der Waals surface area contributed by atoms with E-state index >= 15 is 0 Å². The van der Waals surface area contributed by atoms with E-state index in [1.54, 1.807) is 10.9 Å². The Labute approximate surface area is 545 Å². The van der Waals surface area contributed by atoms with E-state index in [9.17, 15) is 62.5 Å². The summed E-state index contributed by atoms with van der Waals surface area (Å²) < 4.78 is 51.7. The van der Waals surface area contributed by atoms with Crippen molar-refractivity contribution in [3.05, 3.63) is 54.0 Å².